The van der Waals surface area contributed by atoms with Crippen LogP contribution in [0.15, 0.2) is 0 Å². The number of hydrogen-bond donors (Lipinski definition) is 3. The average molecular weight is 160 g/mol. The molecule has 0 aromatic carbocycles. The zero-order valence-corrected chi connectivity index (χ0v) is 6.55. The summed E-state index contributed by atoms with van der Waals surface area (Å²) in [5.74, 6) is -2.52. The van der Waals surface area contributed by atoms with Crippen molar-refractivity contribution in [2.45, 2.75) is 19.4 Å². The highest BCUT2D eigenvalue weighted by Crippen LogP contribution is 1.91. The Bertz CT molecular complexity index is 171. The number of nitrogens with one attached hydrogen (secondary N) is 1. The maximum atomic E-state index is 10.4. The zero-order chi connectivity index (χ0) is 9.07. The molecule has 0 aliphatic rings. The van der Waals surface area contributed by atoms with E-state index in [1.54, 1.807) is 13.8 Å². The third-order valence-corrected chi connectivity index (χ3v) is 0.899. The first-order valence-corrected chi connectivity index (χ1v) is 3.13. The Morgan fingerprint density at radius 2 is 2.00 bits per heavy atom. The molecule has 0 aromatic rings. The Morgan fingerprint density at radius 1 is 1.55 bits per heavy atom. The highest BCUT2D eigenvalue weighted by molar-refractivity contribution is 6.31. The summed E-state index contributed by atoms with van der Waals surface area (Å²) in [6, 6.07) is 0. The van der Waals surface area contributed by atoms with Gasteiger partial charge in [-0.2, -0.15) is 0 Å². The van der Waals surface area contributed by atoms with Gasteiger partial charge in [-0.1, -0.05) is 0 Å². The Morgan fingerprint density at radius 3 is 2.27 bits per heavy atom. The van der Waals surface area contributed by atoms with Crippen molar-refractivity contribution in [3.05, 3.63) is 0 Å². The van der Waals surface area contributed by atoms with E-state index in [2.05, 4.69) is 5.32 Å². The number of carbonyl (C=O) groups is 2. The second-order valence-corrected chi connectivity index (χ2v) is 2.98. The second-order valence-electron chi connectivity index (χ2n) is 2.98. The lowest BCUT2D eigenvalue weighted by Gasteiger charge is -2.17. The minimum Gasteiger partial charge on any atom is -0.474 e. The maximum Gasteiger partial charge on any atom is 0.394 e. The topological polar surface area (TPSA) is 92.4 Å². The lowest BCUT2D eigenvalue weighted by Crippen LogP contribution is -2.46. The van der Waals surface area contributed by atoms with Crippen molar-refractivity contribution >= 4 is 11.9 Å². The number of hydrogen-bond acceptors (Lipinski definition) is 3. The van der Waals surface area contributed by atoms with Crippen LogP contribution in [0.4, 0.5) is 0 Å². The van der Waals surface area contributed by atoms with Crippen molar-refractivity contribution in [1.29, 1.82) is 0 Å². The van der Waals surface area contributed by atoms with Gasteiger partial charge in [0.25, 0.3) is 0 Å². The van der Waals surface area contributed by atoms with Crippen LogP contribution in [0.2, 0.25) is 0 Å². The van der Waals surface area contributed by atoms with Crippen molar-refractivity contribution in [3.8, 4) is 0 Å². The first-order valence-electron chi connectivity index (χ1n) is 3.13. The van der Waals surface area contributed by atoms with Gasteiger partial charge in [-0.15, -0.1) is 0 Å². The highest BCUT2D eigenvalue weighted by atomic mass is 16.4. The monoisotopic (exact) mass is 160 g/mol. The minimum absolute atomic E-state index is 0.151. The molecule has 0 heterocycles. The van der Waals surface area contributed by atoms with Crippen LogP contribution in [0, 0.1) is 0 Å². The summed E-state index contributed by atoms with van der Waals surface area (Å²) in [6.07, 6.45) is 0. The summed E-state index contributed by atoms with van der Waals surface area (Å²) in [7, 11) is 0. The van der Waals surface area contributed by atoms with Gasteiger partial charge in [-0.3, -0.25) is 4.79 Å². The van der Waals surface area contributed by atoms with Gasteiger partial charge in [0.2, 0.25) is 0 Å². The predicted octanol–water partition coefficient (Wildman–Crippen LogP) is -1.08. The molecule has 0 aromatic heterocycles. The third kappa shape index (κ3) is 5.35. The summed E-state index contributed by atoms with van der Waals surface area (Å²) in [5.41, 5.74) is 4.90. The fraction of sp³-hybridized carbons (Fsp3) is 0.667. The van der Waals surface area contributed by atoms with Gasteiger partial charge in [0, 0.05) is 12.1 Å². The maximum absolute atomic E-state index is 10.4. The summed E-state index contributed by atoms with van der Waals surface area (Å²) in [5, 5.41) is 10.3. The molecule has 5 nitrogen and oxygen atoms in total. The summed E-state index contributed by atoms with van der Waals surface area (Å²) >= 11 is 0. The molecule has 0 aliphatic heterocycles. The van der Waals surface area contributed by atoms with Gasteiger partial charge in [0.15, 0.2) is 0 Å². The first kappa shape index (κ1) is 9.90. The number of nitrogens with two attached hydrogens (primary N) is 1. The molecule has 0 unspecified atom stereocenters. The smallest absolute Gasteiger partial charge is 0.394 e. The third-order valence-electron chi connectivity index (χ3n) is 0.899. The van der Waals surface area contributed by atoms with Crippen LogP contribution < -0.4 is 11.1 Å². The van der Waals surface area contributed by atoms with E-state index in [4.69, 9.17) is 10.8 Å². The van der Waals surface area contributed by atoms with Crippen molar-refractivity contribution in [1.82, 2.24) is 5.32 Å². The quantitative estimate of drug-likeness (QED) is 0.448. The van der Waals surface area contributed by atoms with E-state index in [-0.39, 0.29) is 6.54 Å². The molecular weight excluding hydrogens is 148 g/mol. The highest BCUT2D eigenvalue weighted by Gasteiger charge is 2.15. The van der Waals surface area contributed by atoms with Crippen molar-refractivity contribution in [3.63, 3.8) is 0 Å². The molecule has 1 amide bonds. The van der Waals surface area contributed by atoms with Crippen LogP contribution in [-0.4, -0.2) is 29.1 Å². The molecule has 0 atom stereocenters. The van der Waals surface area contributed by atoms with E-state index in [0.717, 1.165) is 0 Å². The van der Waals surface area contributed by atoms with Crippen LogP contribution in [-0.2, 0) is 9.59 Å². The van der Waals surface area contributed by atoms with Crippen molar-refractivity contribution in [2.75, 3.05) is 6.54 Å². The van der Waals surface area contributed by atoms with Gasteiger partial charge in [-0.05, 0) is 13.8 Å². The largest absolute Gasteiger partial charge is 0.474 e. The Labute approximate surface area is 64.6 Å². The summed E-state index contributed by atoms with van der Waals surface area (Å²) in [4.78, 5) is 20.4. The molecule has 11 heavy (non-hydrogen) atoms. The van der Waals surface area contributed by atoms with Crippen LogP contribution in [0.5, 0.6) is 0 Å². The fourth-order valence-electron chi connectivity index (χ4n) is 0.384. The van der Waals surface area contributed by atoms with Crippen molar-refractivity contribution < 1.29 is 14.7 Å². The molecule has 0 bridgehead atoms. The van der Waals surface area contributed by atoms with E-state index < -0.39 is 17.4 Å². The average Bonchev–Trinajstić information content (AvgIpc) is 1.80. The number of rotatable bonds is 2. The molecule has 0 aliphatic carbocycles. The van der Waals surface area contributed by atoms with E-state index in [0.29, 0.717) is 0 Å². The van der Waals surface area contributed by atoms with E-state index in [1.807, 2.05) is 0 Å². The predicted molar refractivity (Wildman–Crippen MR) is 38.9 cm³/mol. The standard InChI is InChI=1S/C6H12N2O3/c1-6(2,7)3-8-4(9)5(10)11/h3,7H2,1-2H3,(H,8,9)(H,10,11). The molecule has 4 N–H and O–H groups in total. The normalized spacial score (nSPS) is 10.8. The van der Waals surface area contributed by atoms with Crippen molar-refractivity contribution in [2.24, 2.45) is 5.73 Å². The molecule has 0 saturated carbocycles. The Hall–Kier alpha value is -1.10. The summed E-state index contributed by atoms with van der Waals surface area (Å²) in [6.45, 7) is 3.53. The van der Waals surface area contributed by atoms with Crippen LogP contribution in [0.3, 0.4) is 0 Å². The van der Waals surface area contributed by atoms with Crippen LogP contribution >= 0.6 is 0 Å². The van der Waals surface area contributed by atoms with Gasteiger partial charge in [0.1, 0.15) is 0 Å². The van der Waals surface area contributed by atoms with Gasteiger partial charge in [-0.25, -0.2) is 4.79 Å². The Kier molecular flexibility index (Phi) is 3.00. The number of aliphatic carboxylic acids is 1. The molecule has 64 valence electrons. The van der Waals surface area contributed by atoms with Gasteiger partial charge < -0.3 is 16.2 Å². The number of carboxylic acids is 1. The molecule has 5 heteroatoms. The Balaban J connectivity index is 3.73. The van der Waals surface area contributed by atoms with Gasteiger partial charge in [0.05, 0.1) is 0 Å². The molecule has 0 saturated heterocycles. The SMILES string of the molecule is CC(C)(N)CNC(=O)C(=O)O. The van der Waals surface area contributed by atoms with Gasteiger partial charge >= 0.3 is 11.9 Å². The first-order chi connectivity index (χ1) is 4.83. The number of amides is 1. The molecule has 0 rings (SSSR count). The second kappa shape index (κ2) is 3.34. The van der Waals surface area contributed by atoms with E-state index >= 15 is 0 Å². The molecule has 0 fully saturated rings. The molecular formula is C6H12N2O3. The fourth-order valence-corrected chi connectivity index (χ4v) is 0.384. The van der Waals surface area contributed by atoms with E-state index in [9.17, 15) is 9.59 Å². The van der Waals surface area contributed by atoms with Crippen LogP contribution in [0.25, 0.3) is 0 Å². The lowest BCUT2D eigenvalue weighted by atomic mass is 10.1. The number of carbonyl (C=O) groups excluding carboxylic acids is 1. The van der Waals surface area contributed by atoms with Crippen LogP contribution in [0.1, 0.15) is 13.8 Å². The zero-order valence-electron chi connectivity index (χ0n) is 6.55. The minimum atomic E-state index is -1.49. The molecule has 0 spiro atoms. The number of carboxylic acid groups (broad SMARTS) is 1. The van der Waals surface area contributed by atoms with E-state index in [1.165, 1.54) is 0 Å². The summed E-state index contributed by atoms with van der Waals surface area (Å²) < 4.78 is 0. The lowest BCUT2D eigenvalue weighted by molar-refractivity contribution is -0.150. The molecule has 0 radical (unpaired) electrons.